The highest BCUT2D eigenvalue weighted by Crippen LogP contribution is 2.25. The Hall–Kier alpha value is -3.10. The molecule has 0 spiro atoms. The summed E-state index contributed by atoms with van der Waals surface area (Å²) in [5.41, 5.74) is 2.29. The van der Waals surface area contributed by atoms with Gasteiger partial charge in [0, 0.05) is 36.4 Å². The van der Waals surface area contributed by atoms with E-state index in [1.165, 1.54) is 0 Å². The van der Waals surface area contributed by atoms with Crippen LogP contribution >= 0.6 is 11.6 Å². The number of anilines is 3. The van der Waals surface area contributed by atoms with Gasteiger partial charge in [0.2, 0.25) is 11.8 Å². The number of nitrogens with zero attached hydrogens (tertiary/aromatic N) is 1. The number of hydrogen-bond donors (Lipinski definition) is 3. The van der Waals surface area contributed by atoms with Crippen LogP contribution in [0.4, 0.5) is 17.1 Å². The Bertz CT molecular complexity index is 959. The highest BCUT2D eigenvalue weighted by molar-refractivity contribution is 6.33. The van der Waals surface area contributed by atoms with Crippen LogP contribution in [-0.4, -0.2) is 55.5 Å². The molecule has 3 N–H and O–H groups in total. The standard InChI is InChI=1S/C23H27ClN4O4/c1-2-3-21(29)26-18-8-9-19(24)20(14-18)27-22(30)15-25-17-6-4-16(5-7-17)23(31)28-10-12-32-13-11-28/h4-9,14,25H,2-3,10-13,15H2,1H3,(H,26,29)(H,27,30). The fourth-order valence-corrected chi connectivity index (χ4v) is 3.37. The van der Waals surface area contributed by atoms with Crippen molar-refractivity contribution in [3.63, 3.8) is 0 Å². The monoisotopic (exact) mass is 458 g/mol. The first kappa shape index (κ1) is 23.6. The van der Waals surface area contributed by atoms with E-state index in [0.717, 1.165) is 6.42 Å². The smallest absolute Gasteiger partial charge is 0.254 e. The molecule has 3 rings (SSSR count). The zero-order chi connectivity index (χ0) is 22.9. The van der Waals surface area contributed by atoms with Crippen LogP contribution in [-0.2, 0) is 14.3 Å². The van der Waals surface area contributed by atoms with Gasteiger partial charge in [0.25, 0.3) is 5.91 Å². The van der Waals surface area contributed by atoms with Gasteiger partial charge in [-0.3, -0.25) is 14.4 Å². The second-order valence-electron chi connectivity index (χ2n) is 7.38. The second kappa shape index (κ2) is 11.5. The number of rotatable bonds is 8. The average Bonchev–Trinajstić information content (AvgIpc) is 2.80. The van der Waals surface area contributed by atoms with Crippen molar-refractivity contribution in [3.8, 4) is 0 Å². The normalized spacial score (nSPS) is 13.4. The van der Waals surface area contributed by atoms with Crippen molar-refractivity contribution >= 4 is 46.4 Å². The molecule has 0 saturated carbocycles. The Morgan fingerprint density at radius 2 is 1.66 bits per heavy atom. The molecular formula is C23H27ClN4O4. The molecule has 32 heavy (non-hydrogen) atoms. The second-order valence-corrected chi connectivity index (χ2v) is 7.78. The summed E-state index contributed by atoms with van der Waals surface area (Å²) in [6.07, 6.45) is 1.17. The number of halogens is 1. The van der Waals surface area contributed by atoms with Gasteiger partial charge in [0.15, 0.2) is 0 Å². The minimum absolute atomic E-state index is 0.0134. The van der Waals surface area contributed by atoms with Crippen LogP contribution in [0.2, 0.25) is 5.02 Å². The van der Waals surface area contributed by atoms with E-state index in [0.29, 0.717) is 60.4 Å². The van der Waals surface area contributed by atoms with Crippen LogP contribution in [0.1, 0.15) is 30.1 Å². The number of ether oxygens (including phenoxy) is 1. The highest BCUT2D eigenvalue weighted by Gasteiger charge is 2.18. The predicted octanol–water partition coefficient (Wildman–Crippen LogP) is 3.60. The van der Waals surface area contributed by atoms with Gasteiger partial charge in [-0.25, -0.2) is 0 Å². The van der Waals surface area contributed by atoms with Crippen molar-refractivity contribution in [3.05, 3.63) is 53.1 Å². The van der Waals surface area contributed by atoms with Crippen LogP contribution in [0, 0.1) is 0 Å². The number of benzene rings is 2. The van der Waals surface area contributed by atoms with Crippen LogP contribution in [0.3, 0.4) is 0 Å². The van der Waals surface area contributed by atoms with Crippen molar-refractivity contribution in [1.29, 1.82) is 0 Å². The molecule has 1 aliphatic heterocycles. The third-order valence-corrected chi connectivity index (χ3v) is 5.21. The molecule has 8 nitrogen and oxygen atoms in total. The largest absolute Gasteiger partial charge is 0.378 e. The van der Waals surface area contributed by atoms with Gasteiger partial charge in [-0.05, 0) is 48.9 Å². The zero-order valence-electron chi connectivity index (χ0n) is 17.9. The first-order valence-electron chi connectivity index (χ1n) is 10.6. The van der Waals surface area contributed by atoms with Gasteiger partial charge < -0.3 is 25.6 Å². The molecule has 1 heterocycles. The summed E-state index contributed by atoms with van der Waals surface area (Å²) in [6.45, 7) is 4.22. The Morgan fingerprint density at radius 3 is 2.34 bits per heavy atom. The molecule has 3 amide bonds. The van der Waals surface area contributed by atoms with E-state index < -0.39 is 0 Å². The third kappa shape index (κ3) is 6.70. The van der Waals surface area contributed by atoms with Gasteiger partial charge in [0.1, 0.15) is 0 Å². The third-order valence-electron chi connectivity index (χ3n) is 4.88. The molecule has 0 aromatic heterocycles. The summed E-state index contributed by atoms with van der Waals surface area (Å²) < 4.78 is 5.27. The quantitative estimate of drug-likeness (QED) is 0.561. The van der Waals surface area contributed by atoms with Crippen molar-refractivity contribution in [2.24, 2.45) is 0 Å². The SMILES string of the molecule is CCCC(=O)Nc1ccc(Cl)c(NC(=O)CNc2ccc(C(=O)N3CCOCC3)cc2)c1. The lowest BCUT2D eigenvalue weighted by Crippen LogP contribution is -2.40. The first-order valence-corrected chi connectivity index (χ1v) is 10.9. The average molecular weight is 459 g/mol. The highest BCUT2D eigenvalue weighted by atomic mass is 35.5. The predicted molar refractivity (Wildman–Crippen MR) is 125 cm³/mol. The molecule has 0 bridgehead atoms. The lowest BCUT2D eigenvalue weighted by molar-refractivity contribution is -0.116. The summed E-state index contributed by atoms with van der Waals surface area (Å²) in [6, 6.07) is 11.9. The summed E-state index contributed by atoms with van der Waals surface area (Å²) in [7, 11) is 0. The number of nitrogens with one attached hydrogen (secondary N) is 3. The van der Waals surface area contributed by atoms with Crippen molar-refractivity contribution in [2.75, 3.05) is 48.8 Å². The lowest BCUT2D eigenvalue weighted by atomic mass is 10.1. The Morgan fingerprint density at radius 1 is 0.969 bits per heavy atom. The van der Waals surface area contributed by atoms with E-state index in [2.05, 4.69) is 16.0 Å². The summed E-state index contributed by atoms with van der Waals surface area (Å²) >= 11 is 6.17. The van der Waals surface area contributed by atoms with Gasteiger partial charge in [-0.2, -0.15) is 0 Å². The first-order chi connectivity index (χ1) is 15.5. The maximum Gasteiger partial charge on any atom is 0.254 e. The van der Waals surface area contributed by atoms with Crippen molar-refractivity contribution in [2.45, 2.75) is 19.8 Å². The van der Waals surface area contributed by atoms with E-state index in [4.69, 9.17) is 16.3 Å². The van der Waals surface area contributed by atoms with E-state index in [1.54, 1.807) is 47.4 Å². The lowest BCUT2D eigenvalue weighted by Gasteiger charge is -2.26. The summed E-state index contributed by atoms with van der Waals surface area (Å²) in [5.74, 6) is -0.417. The number of carbonyl (C=O) groups excluding carboxylic acids is 3. The molecule has 1 aliphatic rings. The minimum Gasteiger partial charge on any atom is -0.378 e. The van der Waals surface area contributed by atoms with Crippen LogP contribution in [0.15, 0.2) is 42.5 Å². The zero-order valence-corrected chi connectivity index (χ0v) is 18.7. The van der Waals surface area contributed by atoms with E-state index in [1.807, 2.05) is 6.92 Å². The molecule has 0 radical (unpaired) electrons. The number of morpholine rings is 1. The molecule has 0 aliphatic carbocycles. The Labute approximate surface area is 192 Å². The maximum absolute atomic E-state index is 12.5. The van der Waals surface area contributed by atoms with Crippen LogP contribution in [0.5, 0.6) is 0 Å². The molecule has 1 saturated heterocycles. The van der Waals surface area contributed by atoms with Gasteiger partial charge >= 0.3 is 0 Å². The van der Waals surface area contributed by atoms with E-state index >= 15 is 0 Å². The summed E-state index contributed by atoms with van der Waals surface area (Å²) in [4.78, 5) is 38.4. The van der Waals surface area contributed by atoms with Gasteiger partial charge in [-0.1, -0.05) is 18.5 Å². The molecule has 0 atom stereocenters. The molecule has 9 heteroatoms. The van der Waals surface area contributed by atoms with E-state index in [9.17, 15) is 14.4 Å². The van der Waals surface area contributed by atoms with Crippen molar-refractivity contribution < 1.29 is 19.1 Å². The topological polar surface area (TPSA) is 99.8 Å². The fourth-order valence-electron chi connectivity index (χ4n) is 3.21. The molecule has 170 valence electrons. The number of hydrogen-bond acceptors (Lipinski definition) is 5. The van der Waals surface area contributed by atoms with Gasteiger partial charge in [-0.15, -0.1) is 0 Å². The van der Waals surface area contributed by atoms with Crippen molar-refractivity contribution in [1.82, 2.24) is 4.90 Å². The van der Waals surface area contributed by atoms with Gasteiger partial charge in [0.05, 0.1) is 30.5 Å². The molecule has 2 aromatic rings. The van der Waals surface area contributed by atoms with E-state index in [-0.39, 0.29) is 24.3 Å². The minimum atomic E-state index is -0.294. The number of carbonyl (C=O) groups is 3. The molecular weight excluding hydrogens is 432 g/mol. The number of amides is 3. The fraction of sp³-hybridized carbons (Fsp3) is 0.348. The Kier molecular flexibility index (Phi) is 8.47. The van der Waals surface area contributed by atoms with Crippen LogP contribution < -0.4 is 16.0 Å². The summed E-state index contributed by atoms with van der Waals surface area (Å²) in [5, 5.41) is 8.92. The molecule has 2 aromatic carbocycles. The molecule has 0 unspecified atom stereocenters. The van der Waals surface area contributed by atoms with Crippen LogP contribution in [0.25, 0.3) is 0 Å². The maximum atomic E-state index is 12.5. The molecule has 1 fully saturated rings. The Balaban J connectivity index is 1.52.